The van der Waals surface area contributed by atoms with Crippen molar-refractivity contribution < 1.29 is 23.5 Å². The molecule has 6 heteroatoms. The number of amides is 1. The Morgan fingerprint density at radius 3 is 2.57 bits per heavy atom. The zero-order valence-corrected chi connectivity index (χ0v) is 13.7. The predicted octanol–water partition coefficient (Wildman–Crippen LogP) is 2.88. The summed E-state index contributed by atoms with van der Waals surface area (Å²) in [4.78, 5) is 22.8. The van der Waals surface area contributed by atoms with Crippen LogP contribution < -0.4 is 5.32 Å². The second-order valence-electron chi connectivity index (χ2n) is 5.70. The third-order valence-corrected chi connectivity index (χ3v) is 2.47. The minimum Gasteiger partial charge on any atom is -0.465 e. The molecule has 1 aromatic carbocycles. The molecule has 0 bridgehead atoms. The lowest BCUT2D eigenvalue weighted by Crippen LogP contribution is -2.32. The summed E-state index contributed by atoms with van der Waals surface area (Å²) in [6.07, 6.45) is -0.151. The molecule has 0 saturated heterocycles. The van der Waals surface area contributed by atoms with Crippen molar-refractivity contribution in [1.29, 1.82) is 0 Å². The highest BCUT2D eigenvalue weighted by Crippen LogP contribution is 2.09. The zero-order valence-electron chi connectivity index (χ0n) is 13.7. The molecule has 0 aliphatic carbocycles. The Balaban J connectivity index is 2.55. The highest BCUT2D eigenvalue weighted by molar-refractivity contribution is 5.89. The Hall–Kier alpha value is -2.55. The van der Waals surface area contributed by atoms with E-state index in [1.54, 1.807) is 20.8 Å². The highest BCUT2D eigenvalue weighted by atomic mass is 19.1. The van der Waals surface area contributed by atoms with Crippen LogP contribution in [0.5, 0.6) is 0 Å². The van der Waals surface area contributed by atoms with Crippen LogP contribution in [-0.2, 0) is 9.47 Å². The SMILES string of the molecule is COC(=O)c1cc(F)cc(C#CCCNC(=O)OC(C)(C)C)c1. The molecule has 0 unspecified atom stereocenters. The standard InChI is InChI=1S/C17H20FNO4/c1-17(2,3)23-16(21)19-8-6-5-7-12-9-13(15(20)22-4)11-14(18)10-12/h9-11H,6,8H2,1-4H3,(H,19,21). The van der Waals surface area contributed by atoms with Gasteiger partial charge in [0, 0.05) is 18.5 Å². The average Bonchev–Trinajstić information content (AvgIpc) is 2.43. The summed E-state index contributed by atoms with van der Waals surface area (Å²) >= 11 is 0. The third kappa shape index (κ3) is 7.32. The molecule has 0 atom stereocenters. The Labute approximate surface area is 135 Å². The molecule has 0 aliphatic rings. The number of ether oxygens (including phenoxy) is 2. The molecule has 0 radical (unpaired) electrons. The van der Waals surface area contributed by atoms with Gasteiger partial charge in [-0.3, -0.25) is 0 Å². The van der Waals surface area contributed by atoms with Crippen molar-refractivity contribution in [2.75, 3.05) is 13.7 Å². The van der Waals surface area contributed by atoms with Gasteiger partial charge in [0.25, 0.3) is 0 Å². The first-order valence-corrected chi connectivity index (χ1v) is 7.06. The number of carbonyl (C=O) groups excluding carboxylic acids is 2. The summed E-state index contributed by atoms with van der Waals surface area (Å²) in [5, 5.41) is 2.56. The molecule has 1 N–H and O–H groups in total. The van der Waals surface area contributed by atoms with E-state index in [2.05, 4.69) is 21.9 Å². The van der Waals surface area contributed by atoms with E-state index in [-0.39, 0.29) is 5.56 Å². The fourth-order valence-corrected chi connectivity index (χ4v) is 1.60. The minimum atomic E-state index is -0.626. The summed E-state index contributed by atoms with van der Waals surface area (Å²) in [5.74, 6) is 4.34. The van der Waals surface area contributed by atoms with Crippen LogP contribution in [0.15, 0.2) is 18.2 Å². The first kappa shape index (κ1) is 18.5. The van der Waals surface area contributed by atoms with Crippen LogP contribution in [0.25, 0.3) is 0 Å². The Morgan fingerprint density at radius 1 is 1.26 bits per heavy atom. The van der Waals surface area contributed by atoms with Gasteiger partial charge in [-0.05, 0) is 39.0 Å². The fraction of sp³-hybridized carbons (Fsp3) is 0.412. The predicted molar refractivity (Wildman–Crippen MR) is 83.5 cm³/mol. The number of esters is 1. The van der Waals surface area contributed by atoms with Crippen LogP contribution in [-0.4, -0.2) is 31.3 Å². The topological polar surface area (TPSA) is 64.6 Å². The lowest BCUT2D eigenvalue weighted by Gasteiger charge is -2.19. The smallest absolute Gasteiger partial charge is 0.407 e. The van der Waals surface area contributed by atoms with Crippen LogP contribution in [0.2, 0.25) is 0 Å². The first-order valence-electron chi connectivity index (χ1n) is 7.06. The molecule has 23 heavy (non-hydrogen) atoms. The molecule has 0 spiro atoms. The average molecular weight is 321 g/mol. The summed E-state index contributed by atoms with van der Waals surface area (Å²) in [6, 6.07) is 3.75. The number of rotatable bonds is 3. The van der Waals surface area contributed by atoms with Crippen molar-refractivity contribution in [3.05, 3.63) is 35.1 Å². The Kier molecular flexibility index (Phi) is 6.58. The van der Waals surface area contributed by atoms with Crippen LogP contribution in [0.4, 0.5) is 9.18 Å². The van der Waals surface area contributed by atoms with Crippen LogP contribution in [0.1, 0.15) is 43.1 Å². The number of carbonyl (C=O) groups is 2. The number of benzene rings is 1. The molecule has 0 heterocycles. The van der Waals surface area contributed by atoms with Gasteiger partial charge in [0.1, 0.15) is 11.4 Å². The summed E-state index contributed by atoms with van der Waals surface area (Å²) in [6.45, 7) is 5.63. The number of hydrogen-bond donors (Lipinski definition) is 1. The quantitative estimate of drug-likeness (QED) is 0.528. The molecular weight excluding hydrogens is 301 g/mol. The minimum absolute atomic E-state index is 0.101. The van der Waals surface area contributed by atoms with Crippen LogP contribution in [0, 0.1) is 17.7 Å². The number of alkyl carbamates (subject to hydrolysis) is 1. The van der Waals surface area contributed by atoms with E-state index in [9.17, 15) is 14.0 Å². The van der Waals surface area contributed by atoms with Crippen LogP contribution in [0.3, 0.4) is 0 Å². The Morgan fingerprint density at radius 2 is 1.96 bits per heavy atom. The number of hydrogen-bond acceptors (Lipinski definition) is 4. The largest absolute Gasteiger partial charge is 0.465 e. The van der Waals surface area contributed by atoms with Gasteiger partial charge in [-0.25, -0.2) is 14.0 Å². The van der Waals surface area contributed by atoms with E-state index >= 15 is 0 Å². The van der Waals surface area contributed by atoms with Gasteiger partial charge < -0.3 is 14.8 Å². The maximum atomic E-state index is 13.4. The van der Waals surface area contributed by atoms with E-state index in [1.165, 1.54) is 19.2 Å². The van der Waals surface area contributed by atoms with Gasteiger partial charge in [-0.1, -0.05) is 11.8 Å². The summed E-state index contributed by atoms with van der Waals surface area (Å²) in [7, 11) is 1.22. The maximum Gasteiger partial charge on any atom is 0.407 e. The zero-order chi connectivity index (χ0) is 17.5. The normalized spacial score (nSPS) is 10.3. The molecule has 0 fully saturated rings. The molecule has 1 rings (SSSR count). The van der Waals surface area contributed by atoms with Crippen molar-refractivity contribution in [3.63, 3.8) is 0 Å². The van der Waals surface area contributed by atoms with E-state index in [4.69, 9.17) is 4.74 Å². The van der Waals surface area contributed by atoms with Crippen molar-refractivity contribution in [1.82, 2.24) is 5.32 Å². The molecular formula is C17H20FNO4. The van der Waals surface area contributed by atoms with Gasteiger partial charge in [0.05, 0.1) is 12.7 Å². The van der Waals surface area contributed by atoms with Crippen molar-refractivity contribution in [2.24, 2.45) is 0 Å². The maximum absolute atomic E-state index is 13.4. The molecule has 5 nitrogen and oxygen atoms in total. The van der Waals surface area contributed by atoms with Gasteiger partial charge in [0.15, 0.2) is 0 Å². The summed E-state index contributed by atoms with van der Waals surface area (Å²) < 4.78 is 23.0. The number of halogens is 1. The van der Waals surface area contributed by atoms with E-state index < -0.39 is 23.5 Å². The van der Waals surface area contributed by atoms with Crippen molar-refractivity contribution in [3.8, 4) is 11.8 Å². The molecule has 1 aromatic rings. The number of methoxy groups -OCH3 is 1. The number of nitrogens with one attached hydrogen (secondary N) is 1. The fourth-order valence-electron chi connectivity index (χ4n) is 1.60. The van der Waals surface area contributed by atoms with Gasteiger partial charge in [-0.15, -0.1) is 0 Å². The second kappa shape index (κ2) is 8.18. The van der Waals surface area contributed by atoms with Gasteiger partial charge in [-0.2, -0.15) is 0 Å². The van der Waals surface area contributed by atoms with Gasteiger partial charge in [0.2, 0.25) is 0 Å². The van der Waals surface area contributed by atoms with Crippen molar-refractivity contribution in [2.45, 2.75) is 32.8 Å². The monoisotopic (exact) mass is 321 g/mol. The Bertz CT molecular complexity index is 638. The highest BCUT2D eigenvalue weighted by Gasteiger charge is 2.15. The van der Waals surface area contributed by atoms with E-state index in [0.717, 1.165) is 6.07 Å². The molecule has 1 amide bonds. The molecule has 0 aromatic heterocycles. The first-order chi connectivity index (χ1) is 10.7. The van der Waals surface area contributed by atoms with Gasteiger partial charge >= 0.3 is 12.1 Å². The van der Waals surface area contributed by atoms with Crippen molar-refractivity contribution >= 4 is 12.1 Å². The summed E-state index contributed by atoms with van der Waals surface area (Å²) in [5.41, 5.74) is -0.0897. The molecule has 124 valence electrons. The molecule has 0 aliphatic heterocycles. The lowest BCUT2D eigenvalue weighted by atomic mass is 10.1. The second-order valence-corrected chi connectivity index (χ2v) is 5.70. The van der Waals surface area contributed by atoms with Crippen LogP contribution >= 0.6 is 0 Å². The molecule has 0 saturated carbocycles. The lowest BCUT2D eigenvalue weighted by molar-refractivity contribution is 0.0527. The van der Waals surface area contributed by atoms with E-state index in [1.807, 2.05) is 0 Å². The van der Waals surface area contributed by atoms with E-state index in [0.29, 0.717) is 18.5 Å². The third-order valence-electron chi connectivity index (χ3n) is 2.47.